The van der Waals surface area contributed by atoms with Crippen molar-refractivity contribution in [3.8, 4) is 0 Å². The normalized spacial score (nSPS) is 31.7. The van der Waals surface area contributed by atoms with E-state index in [0.29, 0.717) is 0 Å². The molecule has 1 aliphatic rings. The van der Waals surface area contributed by atoms with E-state index in [2.05, 4.69) is 0 Å². The molecule has 0 aromatic heterocycles. The SMILES string of the molecule is CC(C)CC1(O)C(F)=C(F)C(F)=C(F)C1F. The van der Waals surface area contributed by atoms with Gasteiger partial charge in [-0.2, -0.15) is 0 Å². The van der Waals surface area contributed by atoms with Gasteiger partial charge in [0.15, 0.2) is 35.1 Å². The fourth-order valence-corrected chi connectivity index (χ4v) is 1.64. The van der Waals surface area contributed by atoms with Crippen LogP contribution in [0.2, 0.25) is 0 Å². The summed E-state index contributed by atoms with van der Waals surface area (Å²) in [7, 11) is 0. The molecule has 0 saturated carbocycles. The van der Waals surface area contributed by atoms with E-state index in [4.69, 9.17) is 0 Å². The summed E-state index contributed by atoms with van der Waals surface area (Å²) in [5, 5.41) is 9.55. The number of hydrogen-bond donors (Lipinski definition) is 1. The Kier molecular flexibility index (Phi) is 3.42. The molecule has 6 heteroatoms. The van der Waals surface area contributed by atoms with Crippen LogP contribution in [0.25, 0.3) is 0 Å². The molecule has 0 bridgehead atoms. The Morgan fingerprint density at radius 3 is 2.12 bits per heavy atom. The number of allylic oxidation sites excluding steroid dienone is 2. The van der Waals surface area contributed by atoms with Crippen molar-refractivity contribution in [1.82, 2.24) is 0 Å². The van der Waals surface area contributed by atoms with Crippen molar-refractivity contribution in [1.29, 1.82) is 0 Å². The molecular formula is C10H11F5O. The van der Waals surface area contributed by atoms with Gasteiger partial charge in [0, 0.05) is 0 Å². The number of alkyl halides is 1. The van der Waals surface area contributed by atoms with Gasteiger partial charge >= 0.3 is 0 Å². The summed E-state index contributed by atoms with van der Waals surface area (Å²) in [6.45, 7) is 3.00. The molecular weight excluding hydrogens is 231 g/mol. The smallest absolute Gasteiger partial charge is 0.196 e. The van der Waals surface area contributed by atoms with Crippen molar-refractivity contribution >= 4 is 0 Å². The zero-order chi connectivity index (χ0) is 12.7. The zero-order valence-corrected chi connectivity index (χ0v) is 8.70. The lowest BCUT2D eigenvalue weighted by Gasteiger charge is -2.33. The highest BCUT2D eigenvalue weighted by Gasteiger charge is 2.52. The minimum atomic E-state index is -2.96. The molecule has 0 heterocycles. The molecule has 1 N–H and O–H groups in total. The van der Waals surface area contributed by atoms with Crippen LogP contribution in [0.3, 0.4) is 0 Å². The topological polar surface area (TPSA) is 20.2 Å². The number of hydrogen-bond acceptors (Lipinski definition) is 1. The molecule has 0 radical (unpaired) electrons. The molecule has 0 fully saturated rings. The van der Waals surface area contributed by atoms with Gasteiger partial charge in [0.25, 0.3) is 0 Å². The molecule has 92 valence electrons. The maximum Gasteiger partial charge on any atom is 0.196 e. The first-order valence-electron chi connectivity index (χ1n) is 4.69. The summed E-state index contributed by atoms with van der Waals surface area (Å²) in [4.78, 5) is 0. The third kappa shape index (κ3) is 1.86. The van der Waals surface area contributed by atoms with Gasteiger partial charge in [0.2, 0.25) is 0 Å². The van der Waals surface area contributed by atoms with Crippen LogP contribution >= 0.6 is 0 Å². The van der Waals surface area contributed by atoms with Gasteiger partial charge in [-0.05, 0) is 12.3 Å². The van der Waals surface area contributed by atoms with E-state index in [1.54, 1.807) is 0 Å². The fourth-order valence-electron chi connectivity index (χ4n) is 1.64. The zero-order valence-electron chi connectivity index (χ0n) is 8.70. The van der Waals surface area contributed by atoms with Crippen LogP contribution < -0.4 is 0 Å². The van der Waals surface area contributed by atoms with Gasteiger partial charge < -0.3 is 5.11 Å². The second kappa shape index (κ2) is 4.16. The second-order valence-corrected chi connectivity index (χ2v) is 4.17. The lowest BCUT2D eigenvalue weighted by Crippen LogP contribution is -2.45. The van der Waals surface area contributed by atoms with Crippen LogP contribution in [-0.4, -0.2) is 16.9 Å². The Morgan fingerprint density at radius 1 is 1.19 bits per heavy atom. The van der Waals surface area contributed by atoms with Crippen LogP contribution in [0.4, 0.5) is 22.0 Å². The van der Waals surface area contributed by atoms with Gasteiger partial charge in [0.05, 0.1) is 0 Å². The van der Waals surface area contributed by atoms with E-state index in [-0.39, 0.29) is 0 Å². The minimum Gasteiger partial charge on any atom is -0.379 e. The van der Waals surface area contributed by atoms with Crippen LogP contribution in [0.5, 0.6) is 0 Å². The first-order chi connectivity index (χ1) is 7.21. The molecule has 0 aliphatic heterocycles. The summed E-state index contributed by atoms with van der Waals surface area (Å²) in [6.07, 6.45) is -3.47. The average Bonchev–Trinajstić information content (AvgIpc) is 2.21. The standard InChI is InChI=1S/C10H11F5O/c1-4(2)3-10(16)8(14)6(12)5(11)7(13)9(10)15/h4,8,16H,3H2,1-2H3. The lowest BCUT2D eigenvalue weighted by molar-refractivity contribution is -0.0372. The Bertz CT molecular complexity index is 360. The van der Waals surface area contributed by atoms with Crippen molar-refractivity contribution in [2.75, 3.05) is 0 Å². The van der Waals surface area contributed by atoms with E-state index in [0.717, 1.165) is 0 Å². The fraction of sp³-hybridized carbons (Fsp3) is 0.600. The van der Waals surface area contributed by atoms with Gasteiger partial charge in [-0.1, -0.05) is 13.8 Å². The van der Waals surface area contributed by atoms with E-state index in [1.807, 2.05) is 0 Å². The highest BCUT2D eigenvalue weighted by atomic mass is 19.2. The second-order valence-electron chi connectivity index (χ2n) is 4.17. The van der Waals surface area contributed by atoms with Crippen LogP contribution in [0.1, 0.15) is 20.3 Å². The predicted molar refractivity (Wildman–Crippen MR) is 47.8 cm³/mol. The van der Waals surface area contributed by atoms with E-state index in [1.165, 1.54) is 13.8 Å². The maximum atomic E-state index is 13.3. The molecule has 16 heavy (non-hydrogen) atoms. The van der Waals surface area contributed by atoms with Crippen molar-refractivity contribution in [2.24, 2.45) is 5.92 Å². The number of aliphatic hydroxyl groups is 1. The van der Waals surface area contributed by atoms with Crippen molar-refractivity contribution in [3.63, 3.8) is 0 Å². The molecule has 1 rings (SSSR count). The quantitative estimate of drug-likeness (QED) is 0.735. The molecule has 0 aromatic rings. The third-order valence-corrected chi connectivity index (χ3v) is 2.34. The Hall–Kier alpha value is -0.910. The monoisotopic (exact) mass is 242 g/mol. The maximum absolute atomic E-state index is 13.3. The summed E-state index contributed by atoms with van der Waals surface area (Å²) in [5.41, 5.74) is -2.96. The van der Waals surface area contributed by atoms with Crippen molar-refractivity contribution < 1.29 is 27.1 Å². The van der Waals surface area contributed by atoms with Gasteiger partial charge in [-0.25, -0.2) is 22.0 Å². The summed E-state index contributed by atoms with van der Waals surface area (Å²) in [5.74, 6) is -8.92. The van der Waals surface area contributed by atoms with Gasteiger partial charge in [-0.15, -0.1) is 0 Å². The minimum absolute atomic E-state index is 0.421. The predicted octanol–water partition coefficient (Wildman–Crippen LogP) is 3.42. The van der Waals surface area contributed by atoms with Crippen LogP contribution in [0.15, 0.2) is 23.3 Å². The molecule has 0 spiro atoms. The van der Waals surface area contributed by atoms with Gasteiger partial charge in [-0.3, -0.25) is 0 Å². The van der Waals surface area contributed by atoms with Crippen LogP contribution in [0, 0.1) is 5.92 Å². The Labute approximate surface area is 89.3 Å². The molecule has 1 nitrogen and oxygen atoms in total. The number of rotatable bonds is 2. The van der Waals surface area contributed by atoms with Crippen molar-refractivity contribution in [3.05, 3.63) is 23.3 Å². The Morgan fingerprint density at radius 2 is 1.69 bits per heavy atom. The third-order valence-electron chi connectivity index (χ3n) is 2.34. The molecule has 2 atom stereocenters. The van der Waals surface area contributed by atoms with E-state index < -0.39 is 47.4 Å². The van der Waals surface area contributed by atoms with E-state index >= 15 is 0 Å². The highest BCUT2D eigenvalue weighted by molar-refractivity contribution is 5.38. The first kappa shape index (κ1) is 13.2. The molecule has 2 unspecified atom stereocenters. The van der Waals surface area contributed by atoms with Crippen LogP contribution in [-0.2, 0) is 0 Å². The first-order valence-corrected chi connectivity index (χ1v) is 4.69. The molecule has 0 saturated heterocycles. The van der Waals surface area contributed by atoms with Crippen molar-refractivity contribution in [2.45, 2.75) is 32.0 Å². The summed E-state index contributed by atoms with van der Waals surface area (Å²) in [6, 6.07) is 0. The molecule has 0 amide bonds. The molecule has 0 aromatic carbocycles. The number of halogens is 5. The Balaban J connectivity index is 3.24. The molecule has 1 aliphatic carbocycles. The summed E-state index contributed by atoms with van der Waals surface area (Å²) < 4.78 is 64.9. The van der Waals surface area contributed by atoms with E-state index in [9.17, 15) is 27.1 Å². The highest BCUT2D eigenvalue weighted by Crippen LogP contribution is 2.44. The lowest BCUT2D eigenvalue weighted by atomic mass is 9.83. The summed E-state index contributed by atoms with van der Waals surface area (Å²) >= 11 is 0. The largest absolute Gasteiger partial charge is 0.379 e. The average molecular weight is 242 g/mol. The van der Waals surface area contributed by atoms with Gasteiger partial charge in [0.1, 0.15) is 0 Å².